The summed E-state index contributed by atoms with van der Waals surface area (Å²) < 4.78 is 0. The quantitative estimate of drug-likeness (QED) is 0.656. The van der Waals surface area contributed by atoms with Crippen molar-refractivity contribution in [3.8, 4) is 0 Å². The number of benzene rings is 1. The van der Waals surface area contributed by atoms with Crippen LogP contribution in [-0.4, -0.2) is 22.3 Å². The molecule has 0 saturated carbocycles. The van der Waals surface area contributed by atoms with E-state index >= 15 is 0 Å². The molecule has 1 heterocycles. The molecule has 2 rings (SSSR count). The zero-order valence-electron chi connectivity index (χ0n) is 11.9. The fraction of sp³-hybridized carbons (Fsp3) is 0.333. The van der Waals surface area contributed by atoms with Gasteiger partial charge in [0.05, 0.1) is 0 Å². The number of hydrogen-bond donors (Lipinski definition) is 2. The summed E-state index contributed by atoms with van der Waals surface area (Å²) >= 11 is 1.56. The molecule has 1 aromatic carbocycles. The molecule has 1 aromatic heterocycles. The van der Waals surface area contributed by atoms with Crippen molar-refractivity contribution in [2.24, 2.45) is 0 Å². The molecular formula is C15H19N3OS. The minimum atomic E-state index is -0.119. The lowest BCUT2D eigenvalue weighted by atomic mass is 10.0. The molecule has 0 fully saturated rings. The van der Waals surface area contributed by atoms with Crippen LogP contribution in [0, 0.1) is 6.92 Å². The molecule has 0 aliphatic carbocycles. The first-order valence-electron chi connectivity index (χ1n) is 6.56. The smallest absolute Gasteiger partial charge is 0.251 e. The summed E-state index contributed by atoms with van der Waals surface area (Å²) in [5, 5.41) is 4.23. The van der Waals surface area contributed by atoms with Crippen molar-refractivity contribution in [2.45, 2.75) is 30.3 Å². The zero-order valence-corrected chi connectivity index (χ0v) is 12.7. The third kappa shape index (κ3) is 3.71. The summed E-state index contributed by atoms with van der Waals surface area (Å²) in [6.07, 6.45) is 1.54. The average molecular weight is 289 g/mol. The number of nitrogens with one attached hydrogen (secondary N) is 2. The highest BCUT2D eigenvalue weighted by Crippen LogP contribution is 2.29. The molecule has 4 nitrogen and oxygen atoms in total. The number of aryl methyl sites for hydroxylation is 1. The number of aromatic amines is 1. The van der Waals surface area contributed by atoms with E-state index in [2.05, 4.69) is 53.4 Å². The predicted octanol–water partition coefficient (Wildman–Crippen LogP) is 2.52. The topological polar surface area (TPSA) is 57.8 Å². The van der Waals surface area contributed by atoms with Crippen LogP contribution in [0.1, 0.15) is 24.1 Å². The molecule has 2 aromatic rings. The molecule has 106 valence electrons. The van der Waals surface area contributed by atoms with Gasteiger partial charge in [-0.2, -0.15) is 0 Å². The second-order valence-electron chi connectivity index (χ2n) is 4.74. The van der Waals surface area contributed by atoms with Gasteiger partial charge in [-0.15, -0.1) is 0 Å². The highest BCUT2D eigenvalue weighted by molar-refractivity contribution is 7.99. The van der Waals surface area contributed by atoms with E-state index in [1.165, 1.54) is 23.4 Å². The summed E-state index contributed by atoms with van der Waals surface area (Å²) in [5.74, 6) is 0. The number of rotatable bonds is 5. The SMILES string of the molecule is CNC(c1ccc(C)cc1)C(C)Sc1nccc(=O)[nH]1. The van der Waals surface area contributed by atoms with E-state index in [9.17, 15) is 4.79 Å². The van der Waals surface area contributed by atoms with Crippen molar-refractivity contribution < 1.29 is 0 Å². The summed E-state index contributed by atoms with van der Waals surface area (Å²) in [6, 6.07) is 10.1. The molecule has 20 heavy (non-hydrogen) atoms. The van der Waals surface area contributed by atoms with Gasteiger partial charge in [0.1, 0.15) is 0 Å². The molecule has 0 aliphatic rings. The fourth-order valence-electron chi connectivity index (χ4n) is 2.10. The Morgan fingerprint density at radius 3 is 2.55 bits per heavy atom. The van der Waals surface area contributed by atoms with E-state index in [1.807, 2.05) is 7.05 Å². The van der Waals surface area contributed by atoms with Crippen LogP contribution >= 0.6 is 11.8 Å². The molecule has 5 heteroatoms. The van der Waals surface area contributed by atoms with Crippen LogP contribution < -0.4 is 10.9 Å². The van der Waals surface area contributed by atoms with Crippen molar-refractivity contribution >= 4 is 11.8 Å². The third-order valence-electron chi connectivity index (χ3n) is 3.16. The van der Waals surface area contributed by atoms with Crippen LogP contribution in [0.4, 0.5) is 0 Å². The Hall–Kier alpha value is -1.59. The first-order valence-corrected chi connectivity index (χ1v) is 7.44. The van der Waals surface area contributed by atoms with Gasteiger partial charge in [0.25, 0.3) is 5.56 Å². The minimum absolute atomic E-state index is 0.119. The van der Waals surface area contributed by atoms with Gasteiger partial charge in [0, 0.05) is 23.6 Å². The lowest BCUT2D eigenvalue weighted by Gasteiger charge is -2.23. The minimum Gasteiger partial charge on any atom is -0.312 e. The molecule has 2 atom stereocenters. The lowest BCUT2D eigenvalue weighted by Crippen LogP contribution is -2.25. The fourth-order valence-corrected chi connectivity index (χ4v) is 3.16. The van der Waals surface area contributed by atoms with Crippen LogP contribution in [0.5, 0.6) is 0 Å². The molecule has 0 spiro atoms. The Bertz CT molecular complexity index is 609. The Morgan fingerprint density at radius 2 is 1.95 bits per heavy atom. The van der Waals surface area contributed by atoms with Crippen molar-refractivity contribution in [1.82, 2.24) is 15.3 Å². The van der Waals surface area contributed by atoms with Crippen LogP contribution in [0.25, 0.3) is 0 Å². The van der Waals surface area contributed by atoms with E-state index in [0.717, 1.165) is 0 Å². The summed E-state index contributed by atoms with van der Waals surface area (Å²) in [7, 11) is 1.95. The van der Waals surface area contributed by atoms with Crippen molar-refractivity contribution in [3.05, 3.63) is 58.0 Å². The van der Waals surface area contributed by atoms with Crippen molar-refractivity contribution in [3.63, 3.8) is 0 Å². The first kappa shape index (κ1) is 14.8. The van der Waals surface area contributed by atoms with Gasteiger partial charge in [-0.3, -0.25) is 4.79 Å². The number of hydrogen-bond acceptors (Lipinski definition) is 4. The second kappa shape index (κ2) is 6.72. The third-order valence-corrected chi connectivity index (χ3v) is 4.24. The maximum absolute atomic E-state index is 11.3. The summed E-state index contributed by atoms with van der Waals surface area (Å²) in [6.45, 7) is 4.20. The van der Waals surface area contributed by atoms with E-state index in [1.54, 1.807) is 11.8 Å². The molecule has 0 bridgehead atoms. The van der Waals surface area contributed by atoms with Gasteiger partial charge >= 0.3 is 0 Å². The van der Waals surface area contributed by atoms with Gasteiger partial charge in [0.15, 0.2) is 5.16 Å². The van der Waals surface area contributed by atoms with E-state index in [4.69, 9.17) is 0 Å². The Morgan fingerprint density at radius 1 is 1.25 bits per heavy atom. The number of aromatic nitrogens is 2. The standard InChI is InChI=1S/C15H19N3OS/c1-10-4-6-12(7-5-10)14(16-3)11(2)20-15-17-9-8-13(19)18-15/h4-9,11,14,16H,1-3H3,(H,17,18,19). The van der Waals surface area contributed by atoms with Crippen molar-refractivity contribution in [2.75, 3.05) is 7.05 Å². The second-order valence-corrected chi connectivity index (χ2v) is 6.11. The van der Waals surface area contributed by atoms with Gasteiger partial charge in [-0.25, -0.2) is 4.98 Å². The first-order chi connectivity index (χ1) is 9.60. The Balaban J connectivity index is 2.15. The lowest BCUT2D eigenvalue weighted by molar-refractivity contribution is 0.588. The zero-order chi connectivity index (χ0) is 14.5. The monoisotopic (exact) mass is 289 g/mol. The van der Waals surface area contributed by atoms with Crippen LogP contribution in [-0.2, 0) is 0 Å². The number of thioether (sulfide) groups is 1. The van der Waals surface area contributed by atoms with Gasteiger partial charge in [0.2, 0.25) is 0 Å². The molecule has 0 saturated heterocycles. The molecule has 2 unspecified atom stereocenters. The van der Waals surface area contributed by atoms with Crippen LogP contribution in [0.2, 0.25) is 0 Å². The summed E-state index contributed by atoms with van der Waals surface area (Å²) in [5.41, 5.74) is 2.36. The molecule has 0 aliphatic heterocycles. The highest BCUT2D eigenvalue weighted by atomic mass is 32.2. The molecule has 0 radical (unpaired) electrons. The van der Waals surface area contributed by atoms with Crippen molar-refractivity contribution in [1.29, 1.82) is 0 Å². The number of H-pyrrole nitrogens is 1. The maximum Gasteiger partial charge on any atom is 0.251 e. The average Bonchev–Trinajstić information content (AvgIpc) is 2.42. The van der Waals surface area contributed by atoms with E-state index in [-0.39, 0.29) is 16.9 Å². The predicted molar refractivity (Wildman–Crippen MR) is 83.2 cm³/mol. The molecule has 2 N–H and O–H groups in total. The van der Waals surface area contributed by atoms with Crippen LogP contribution in [0.15, 0.2) is 46.5 Å². The van der Waals surface area contributed by atoms with Gasteiger partial charge in [-0.05, 0) is 19.5 Å². The largest absolute Gasteiger partial charge is 0.312 e. The van der Waals surface area contributed by atoms with Gasteiger partial charge < -0.3 is 10.3 Å². The molecule has 0 amide bonds. The molecular weight excluding hydrogens is 270 g/mol. The normalized spacial score (nSPS) is 13.9. The van der Waals surface area contributed by atoms with Crippen LogP contribution in [0.3, 0.4) is 0 Å². The highest BCUT2D eigenvalue weighted by Gasteiger charge is 2.19. The Kier molecular flexibility index (Phi) is 4.98. The number of nitrogens with zero attached hydrogens (tertiary/aromatic N) is 1. The maximum atomic E-state index is 11.3. The van der Waals surface area contributed by atoms with Gasteiger partial charge in [-0.1, -0.05) is 48.5 Å². The van der Waals surface area contributed by atoms with E-state index < -0.39 is 0 Å². The van der Waals surface area contributed by atoms with E-state index in [0.29, 0.717) is 5.16 Å². The Labute approximate surface area is 123 Å². The summed E-state index contributed by atoms with van der Waals surface area (Å²) in [4.78, 5) is 18.2.